The van der Waals surface area contributed by atoms with E-state index >= 15 is 0 Å². The molecule has 2 aromatic heterocycles. The standard InChI is InChI=1S/C45H32N4S/c1-29-13-3-2-10-26-48(38-20-7-4-16-33(29)38)31-24-25-40-36(28-31)34-17-5-8-21-39(34)49(40)32-15-11-14-30(27-32)45-46-37-19-12-23-42-43(37)44(47-45)35-18-6-9-22-41(35)50-42/h2-25,27,31H,1,26,28H2/b10-2-,13-3-. The number of allylic oxidation sites excluding steroid dienone is 4. The summed E-state index contributed by atoms with van der Waals surface area (Å²) in [5.41, 5.74) is 12.5. The molecule has 4 nitrogen and oxygen atoms in total. The van der Waals surface area contributed by atoms with Crippen molar-refractivity contribution in [2.45, 2.75) is 22.3 Å². The minimum absolute atomic E-state index is 0.193. The fraction of sp³-hybridized carbons (Fsp3) is 0.0667. The highest BCUT2D eigenvalue weighted by Crippen LogP contribution is 2.47. The summed E-state index contributed by atoms with van der Waals surface area (Å²) in [6.45, 7) is 5.20. The predicted octanol–water partition coefficient (Wildman–Crippen LogP) is 11.0. The summed E-state index contributed by atoms with van der Waals surface area (Å²) in [5.74, 6) is 0.741. The molecular formula is C45H32N4S. The van der Waals surface area contributed by atoms with Crippen LogP contribution < -0.4 is 4.90 Å². The van der Waals surface area contributed by atoms with Crippen LogP contribution in [0.25, 0.3) is 61.8 Å². The molecule has 3 aliphatic rings. The molecule has 0 N–H and O–H groups in total. The lowest BCUT2D eigenvalue weighted by atomic mass is 9.94. The lowest BCUT2D eigenvalue weighted by Crippen LogP contribution is -2.37. The maximum atomic E-state index is 5.25. The smallest absolute Gasteiger partial charge is 0.160 e. The highest BCUT2D eigenvalue weighted by Gasteiger charge is 2.28. The Labute approximate surface area is 295 Å². The van der Waals surface area contributed by atoms with Gasteiger partial charge >= 0.3 is 0 Å². The summed E-state index contributed by atoms with van der Waals surface area (Å²) in [4.78, 5) is 15.3. The first-order valence-corrected chi connectivity index (χ1v) is 17.9. The number of rotatable bonds is 3. The number of benzene rings is 5. The van der Waals surface area contributed by atoms with Gasteiger partial charge in [-0.1, -0.05) is 122 Å². The zero-order valence-electron chi connectivity index (χ0n) is 27.3. The Balaban J connectivity index is 1.08. The number of anilines is 1. The Morgan fingerprint density at radius 1 is 0.740 bits per heavy atom. The van der Waals surface area contributed by atoms with Crippen LogP contribution in [0.2, 0.25) is 0 Å². The van der Waals surface area contributed by atoms with E-state index in [0.717, 1.165) is 52.2 Å². The molecule has 10 rings (SSSR count). The van der Waals surface area contributed by atoms with Crippen LogP contribution in [0.4, 0.5) is 5.69 Å². The first kappa shape index (κ1) is 29.0. The molecule has 0 saturated carbocycles. The Hall–Kier alpha value is -5.91. The average Bonchev–Trinajstić information content (AvgIpc) is 3.53. The summed E-state index contributed by atoms with van der Waals surface area (Å²) < 4.78 is 2.41. The molecule has 5 heteroatoms. The summed E-state index contributed by atoms with van der Waals surface area (Å²) in [5, 5.41) is 2.42. The fourth-order valence-corrected chi connectivity index (χ4v) is 8.93. The van der Waals surface area contributed by atoms with Crippen LogP contribution >= 0.6 is 11.8 Å². The van der Waals surface area contributed by atoms with Crippen molar-refractivity contribution in [3.05, 3.63) is 169 Å². The minimum Gasteiger partial charge on any atom is -0.361 e. The monoisotopic (exact) mass is 660 g/mol. The molecule has 2 aliphatic heterocycles. The van der Waals surface area contributed by atoms with Gasteiger partial charge in [-0.15, -0.1) is 0 Å². The second-order valence-electron chi connectivity index (χ2n) is 13.0. The SMILES string of the molecule is C=C1/C=C\C=C/CN(C2C=Cc3c(c4ccccc4n3-c3cccc(-c4nc5c6c(cccc6n4)Sc4ccccc4-5)c3)C2)c2ccccc21. The predicted molar refractivity (Wildman–Crippen MR) is 209 cm³/mol. The average molecular weight is 661 g/mol. The van der Waals surface area contributed by atoms with Gasteiger partial charge in [0, 0.05) is 60.9 Å². The maximum Gasteiger partial charge on any atom is 0.160 e. The molecule has 0 bridgehead atoms. The summed E-state index contributed by atoms with van der Waals surface area (Å²) in [6, 6.07) is 41.3. The third-order valence-corrected chi connectivity index (χ3v) is 11.3. The van der Waals surface area contributed by atoms with Gasteiger partial charge in [0.1, 0.15) is 0 Å². The zero-order chi connectivity index (χ0) is 33.2. The Morgan fingerprint density at radius 2 is 1.56 bits per heavy atom. The van der Waals surface area contributed by atoms with Crippen molar-refractivity contribution >= 4 is 50.9 Å². The van der Waals surface area contributed by atoms with Crippen LogP contribution in [0.5, 0.6) is 0 Å². The van der Waals surface area contributed by atoms with Gasteiger partial charge in [-0.3, -0.25) is 0 Å². The van der Waals surface area contributed by atoms with Crippen LogP contribution in [0.15, 0.2) is 162 Å². The van der Waals surface area contributed by atoms with E-state index in [9.17, 15) is 0 Å². The second-order valence-corrected chi connectivity index (χ2v) is 14.1. The summed E-state index contributed by atoms with van der Waals surface area (Å²) in [7, 11) is 0. The molecule has 238 valence electrons. The molecule has 4 heterocycles. The van der Waals surface area contributed by atoms with Crippen molar-refractivity contribution in [2.75, 3.05) is 11.4 Å². The van der Waals surface area contributed by atoms with Gasteiger partial charge in [-0.25, -0.2) is 9.97 Å². The number of nitrogens with zero attached hydrogens (tertiary/aromatic N) is 4. The van der Waals surface area contributed by atoms with E-state index in [0.29, 0.717) is 0 Å². The molecule has 7 aromatic rings. The molecule has 0 fully saturated rings. The van der Waals surface area contributed by atoms with Gasteiger partial charge in [0.15, 0.2) is 5.82 Å². The third-order valence-electron chi connectivity index (χ3n) is 10.1. The fourth-order valence-electron chi connectivity index (χ4n) is 7.82. The van der Waals surface area contributed by atoms with Crippen molar-refractivity contribution in [3.8, 4) is 28.3 Å². The lowest BCUT2D eigenvalue weighted by Gasteiger charge is -2.34. The molecule has 1 atom stereocenters. The molecule has 5 aromatic carbocycles. The van der Waals surface area contributed by atoms with Crippen molar-refractivity contribution in [2.24, 2.45) is 0 Å². The summed E-state index contributed by atoms with van der Waals surface area (Å²) in [6.07, 6.45) is 14.2. The minimum atomic E-state index is 0.193. The molecule has 1 unspecified atom stereocenters. The Morgan fingerprint density at radius 3 is 2.52 bits per heavy atom. The van der Waals surface area contributed by atoms with E-state index < -0.39 is 0 Å². The van der Waals surface area contributed by atoms with E-state index in [1.165, 1.54) is 48.8 Å². The Kier molecular flexibility index (Phi) is 6.74. The highest BCUT2D eigenvalue weighted by atomic mass is 32.2. The quantitative estimate of drug-likeness (QED) is 0.189. The number of fused-ring (bicyclic) bond motifs is 6. The van der Waals surface area contributed by atoms with E-state index in [2.05, 4.69) is 168 Å². The topological polar surface area (TPSA) is 34.0 Å². The van der Waals surface area contributed by atoms with E-state index in [1.807, 2.05) is 0 Å². The molecule has 50 heavy (non-hydrogen) atoms. The van der Waals surface area contributed by atoms with Crippen molar-refractivity contribution < 1.29 is 0 Å². The number of para-hydroxylation sites is 2. The molecule has 1 aliphatic carbocycles. The highest BCUT2D eigenvalue weighted by molar-refractivity contribution is 7.99. The number of hydrogen-bond donors (Lipinski definition) is 0. The van der Waals surface area contributed by atoms with Gasteiger partial charge in [-0.05, 0) is 66.1 Å². The number of hydrogen-bond acceptors (Lipinski definition) is 4. The van der Waals surface area contributed by atoms with Crippen molar-refractivity contribution in [1.29, 1.82) is 0 Å². The first-order chi connectivity index (χ1) is 24.7. The normalized spacial score (nSPS) is 17.4. The van der Waals surface area contributed by atoms with E-state index in [4.69, 9.17) is 9.97 Å². The number of aromatic nitrogens is 3. The first-order valence-electron chi connectivity index (χ1n) is 17.1. The van der Waals surface area contributed by atoms with Crippen molar-refractivity contribution in [3.63, 3.8) is 0 Å². The van der Waals surface area contributed by atoms with E-state index in [-0.39, 0.29) is 6.04 Å². The van der Waals surface area contributed by atoms with Gasteiger partial charge in [0.25, 0.3) is 0 Å². The second kappa shape index (κ2) is 11.6. The van der Waals surface area contributed by atoms with Crippen LogP contribution in [0.1, 0.15) is 16.8 Å². The van der Waals surface area contributed by atoms with Gasteiger partial charge in [0.2, 0.25) is 0 Å². The lowest BCUT2D eigenvalue weighted by molar-refractivity contribution is 0.710. The largest absolute Gasteiger partial charge is 0.361 e. The van der Waals surface area contributed by atoms with Crippen LogP contribution in [0.3, 0.4) is 0 Å². The molecule has 0 saturated heterocycles. The molecule has 0 amide bonds. The maximum absolute atomic E-state index is 5.25. The third kappa shape index (κ3) is 4.62. The van der Waals surface area contributed by atoms with Crippen molar-refractivity contribution in [1.82, 2.24) is 14.5 Å². The Bertz CT molecular complexity index is 2620. The van der Waals surface area contributed by atoms with Crippen LogP contribution in [-0.4, -0.2) is 27.1 Å². The molecular weight excluding hydrogens is 629 g/mol. The van der Waals surface area contributed by atoms with Crippen LogP contribution in [-0.2, 0) is 6.42 Å². The molecule has 0 radical (unpaired) electrons. The summed E-state index contributed by atoms with van der Waals surface area (Å²) >= 11 is 1.80. The van der Waals surface area contributed by atoms with Gasteiger partial charge in [-0.2, -0.15) is 0 Å². The van der Waals surface area contributed by atoms with E-state index in [1.54, 1.807) is 11.8 Å². The van der Waals surface area contributed by atoms with Gasteiger partial charge < -0.3 is 9.47 Å². The molecule has 0 spiro atoms. The van der Waals surface area contributed by atoms with Crippen LogP contribution in [0, 0.1) is 0 Å². The zero-order valence-corrected chi connectivity index (χ0v) is 28.1. The van der Waals surface area contributed by atoms with Gasteiger partial charge in [0.05, 0.1) is 22.8 Å².